The topological polar surface area (TPSA) is 91.7 Å². The van der Waals surface area contributed by atoms with Crippen molar-refractivity contribution in [2.45, 2.75) is 26.4 Å². The van der Waals surface area contributed by atoms with Crippen LogP contribution in [0.3, 0.4) is 0 Å². The van der Waals surface area contributed by atoms with E-state index < -0.39 is 17.9 Å². The average Bonchev–Trinajstić information content (AvgIpc) is 3.45. The second kappa shape index (κ2) is 12.0. The third-order valence-electron chi connectivity index (χ3n) is 7.02. The van der Waals surface area contributed by atoms with Crippen molar-refractivity contribution in [2.75, 3.05) is 14.2 Å². The highest BCUT2D eigenvalue weighted by Crippen LogP contribution is 2.43. The van der Waals surface area contributed by atoms with Gasteiger partial charge >= 0.3 is 11.9 Å². The van der Waals surface area contributed by atoms with Crippen molar-refractivity contribution in [1.82, 2.24) is 15.1 Å². The molecule has 0 atom stereocenters. The summed E-state index contributed by atoms with van der Waals surface area (Å²) in [7, 11) is 2.65. The van der Waals surface area contributed by atoms with Gasteiger partial charge in [0.25, 0.3) is 0 Å². The number of hydrogen-bond acceptors (Lipinski definition) is 7. The number of allylic oxidation sites excluding steroid dienone is 2. The van der Waals surface area contributed by atoms with Gasteiger partial charge in [0, 0.05) is 28.7 Å². The maximum Gasteiger partial charge on any atom is 0.336 e. The largest absolute Gasteiger partial charge is 0.489 e. The first-order valence-corrected chi connectivity index (χ1v) is 13.2. The minimum atomic E-state index is -0.780. The minimum Gasteiger partial charge on any atom is -0.489 e. The molecule has 0 bridgehead atoms. The number of ether oxygens (including phenoxy) is 3. The van der Waals surface area contributed by atoms with Gasteiger partial charge in [-0.25, -0.2) is 14.3 Å². The van der Waals surface area contributed by atoms with E-state index >= 15 is 0 Å². The van der Waals surface area contributed by atoms with Crippen LogP contribution in [0.25, 0.3) is 16.9 Å². The highest BCUT2D eigenvalue weighted by atomic mass is 16.5. The lowest BCUT2D eigenvalue weighted by atomic mass is 9.79. The van der Waals surface area contributed by atoms with Crippen LogP contribution in [0.1, 0.15) is 30.9 Å². The molecule has 1 aromatic heterocycles. The summed E-state index contributed by atoms with van der Waals surface area (Å²) < 4.78 is 18.1. The first-order chi connectivity index (χ1) is 19.9. The molecule has 0 saturated carbocycles. The Morgan fingerprint density at radius 3 is 1.93 bits per heavy atom. The second-order valence-corrected chi connectivity index (χ2v) is 9.63. The molecule has 0 fully saturated rings. The van der Waals surface area contributed by atoms with Crippen LogP contribution in [-0.4, -0.2) is 35.9 Å². The van der Waals surface area contributed by atoms with E-state index in [2.05, 4.69) is 5.32 Å². The average molecular weight is 550 g/mol. The maximum absolute atomic E-state index is 13.1. The molecule has 208 valence electrons. The van der Waals surface area contributed by atoms with Gasteiger partial charge < -0.3 is 19.5 Å². The molecule has 4 aromatic rings. The molecular weight excluding hydrogens is 518 g/mol. The van der Waals surface area contributed by atoms with Gasteiger partial charge in [-0.05, 0) is 55.8 Å². The number of methoxy groups -OCH3 is 2. The van der Waals surface area contributed by atoms with Crippen LogP contribution >= 0.6 is 0 Å². The van der Waals surface area contributed by atoms with Crippen LogP contribution in [-0.2, 0) is 25.7 Å². The zero-order valence-electron chi connectivity index (χ0n) is 23.4. The van der Waals surface area contributed by atoms with Crippen LogP contribution < -0.4 is 10.1 Å². The number of carbonyl (C=O) groups excluding carboxylic acids is 2. The number of esters is 2. The molecule has 41 heavy (non-hydrogen) atoms. The zero-order chi connectivity index (χ0) is 28.9. The molecule has 0 unspecified atom stereocenters. The number of hydrogen-bond donors (Lipinski definition) is 1. The smallest absolute Gasteiger partial charge is 0.336 e. The number of para-hydroxylation sites is 1. The van der Waals surface area contributed by atoms with Gasteiger partial charge in [0.05, 0.1) is 42.7 Å². The lowest BCUT2D eigenvalue weighted by molar-refractivity contribution is -0.137. The highest BCUT2D eigenvalue weighted by molar-refractivity contribution is 6.00. The van der Waals surface area contributed by atoms with Crippen LogP contribution in [0, 0.1) is 0 Å². The summed E-state index contributed by atoms with van der Waals surface area (Å²) >= 11 is 0. The Morgan fingerprint density at radius 2 is 1.37 bits per heavy atom. The van der Waals surface area contributed by atoms with Crippen molar-refractivity contribution in [3.05, 3.63) is 125 Å². The predicted molar refractivity (Wildman–Crippen MR) is 155 cm³/mol. The van der Waals surface area contributed by atoms with Gasteiger partial charge in [-0.1, -0.05) is 48.5 Å². The Labute approximate surface area is 238 Å². The zero-order valence-corrected chi connectivity index (χ0v) is 23.4. The fourth-order valence-corrected chi connectivity index (χ4v) is 5.05. The number of rotatable bonds is 8. The molecular formula is C33H31N3O5. The molecule has 8 nitrogen and oxygen atoms in total. The minimum absolute atomic E-state index is 0.315. The summed E-state index contributed by atoms with van der Waals surface area (Å²) in [5.41, 5.74) is 5.78. The quantitative estimate of drug-likeness (QED) is 0.282. The summed E-state index contributed by atoms with van der Waals surface area (Å²) in [6.07, 6.45) is 1.85. The van der Waals surface area contributed by atoms with Crippen molar-refractivity contribution in [3.8, 4) is 22.7 Å². The summed E-state index contributed by atoms with van der Waals surface area (Å²) in [5.74, 6) is -1.16. The second-order valence-electron chi connectivity index (χ2n) is 9.63. The van der Waals surface area contributed by atoms with Crippen molar-refractivity contribution < 1.29 is 23.8 Å². The number of dihydropyridines is 1. The lowest BCUT2D eigenvalue weighted by Crippen LogP contribution is -2.32. The van der Waals surface area contributed by atoms with E-state index in [-0.39, 0.29) is 0 Å². The van der Waals surface area contributed by atoms with Crippen LogP contribution in [0.15, 0.2) is 114 Å². The van der Waals surface area contributed by atoms with Crippen LogP contribution in [0.5, 0.6) is 5.75 Å². The van der Waals surface area contributed by atoms with Gasteiger partial charge in [0.15, 0.2) is 0 Å². The molecule has 8 heteroatoms. The van der Waals surface area contributed by atoms with Gasteiger partial charge in [-0.15, -0.1) is 0 Å². The molecule has 1 N–H and O–H groups in total. The van der Waals surface area contributed by atoms with E-state index in [9.17, 15) is 9.59 Å². The Balaban J connectivity index is 1.63. The van der Waals surface area contributed by atoms with Crippen molar-refractivity contribution in [2.24, 2.45) is 0 Å². The maximum atomic E-state index is 13.1. The van der Waals surface area contributed by atoms with Crippen molar-refractivity contribution in [1.29, 1.82) is 0 Å². The number of aromatic nitrogens is 2. The first-order valence-electron chi connectivity index (χ1n) is 13.2. The standard InChI is InChI=1S/C33H31N3O5/c1-21-28(32(37)39-3)30(29(22(2)34-21)33(38)40-4)27-19-36(25-13-9-6-10-14-25)35-31(27)24-15-17-26(18-16-24)41-20-23-11-7-5-8-12-23/h5-19,30,34H,20H2,1-4H3. The van der Waals surface area contributed by atoms with E-state index in [4.69, 9.17) is 19.3 Å². The normalized spacial score (nSPS) is 13.6. The molecule has 0 spiro atoms. The van der Waals surface area contributed by atoms with Gasteiger partial charge in [-0.3, -0.25) is 0 Å². The molecule has 1 aliphatic heterocycles. The Morgan fingerprint density at radius 1 is 0.805 bits per heavy atom. The van der Waals surface area contributed by atoms with E-state index in [0.29, 0.717) is 46.2 Å². The first kappa shape index (κ1) is 27.5. The predicted octanol–water partition coefficient (Wildman–Crippen LogP) is 5.70. The monoisotopic (exact) mass is 549 g/mol. The fourth-order valence-electron chi connectivity index (χ4n) is 5.05. The third-order valence-corrected chi connectivity index (χ3v) is 7.02. The van der Waals surface area contributed by atoms with E-state index in [0.717, 1.165) is 16.8 Å². The molecule has 2 heterocycles. The van der Waals surface area contributed by atoms with E-state index in [1.54, 1.807) is 18.5 Å². The molecule has 0 radical (unpaired) electrons. The lowest BCUT2D eigenvalue weighted by Gasteiger charge is -2.29. The van der Waals surface area contributed by atoms with Crippen LogP contribution in [0.4, 0.5) is 0 Å². The van der Waals surface area contributed by atoms with Crippen molar-refractivity contribution in [3.63, 3.8) is 0 Å². The number of benzene rings is 3. The Kier molecular flexibility index (Phi) is 8.01. The van der Waals surface area contributed by atoms with Gasteiger partial charge in [-0.2, -0.15) is 5.10 Å². The Bertz CT molecular complexity index is 1580. The summed E-state index contributed by atoms with van der Waals surface area (Å²) in [6, 6.07) is 27.2. The van der Waals surface area contributed by atoms with Gasteiger partial charge in [0.1, 0.15) is 12.4 Å². The summed E-state index contributed by atoms with van der Waals surface area (Å²) in [4.78, 5) is 26.3. The Hall–Kier alpha value is -5.11. The molecule has 0 saturated heterocycles. The fraction of sp³-hybridized carbons (Fsp3) is 0.182. The molecule has 0 amide bonds. The third kappa shape index (κ3) is 5.63. The van der Waals surface area contributed by atoms with Crippen molar-refractivity contribution >= 4 is 11.9 Å². The summed E-state index contributed by atoms with van der Waals surface area (Å²) in [6.45, 7) is 4.02. The molecule has 3 aromatic carbocycles. The van der Waals surface area contributed by atoms with Crippen LogP contribution in [0.2, 0.25) is 0 Å². The number of carbonyl (C=O) groups is 2. The number of nitrogens with one attached hydrogen (secondary N) is 1. The molecule has 5 rings (SSSR count). The van der Waals surface area contributed by atoms with E-state index in [1.807, 2.05) is 91.1 Å². The summed E-state index contributed by atoms with van der Waals surface area (Å²) in [5, 5.41) is 8.10. The van der Waals surface area contributed by atoms with E-state index in [1.165, 1.54) is 14.2 Å². The number of nitrogens with zero attached hydrogens (tertiary/aromatic N) is 2. The van der Waals surface area contributed by atoms with Gasteiger partial charge in [0.2, 0.25) is 0 Å². The highest BCUT2D eigenvalue weighted by Gasteiger charge is 2.40. The SMILES string of the molecule is COC(=O)C1=C(C)NC(C)=C(C(=O)OC)C1c1cn(-c2ccccc2)nc1-c1ccc(OCc2ccccc2)cc1. The molecule has 0 aliphatic carbocycles. The molecule has 1 aliphatic rings.